The van der Waals surface area contributed by atoms with Gasteiger partial charge in [-0.2, -0.15) is 8.42 Å². The van der Waals surface area contributed by atoms with Crippen LogP contribution in [0, 0.1) is 20.8 Å². The number of aryl methyl sites for hydroxylation is 3. The van der Waals surface area contributed by atoms with Crippen LogP contribution in [0.2, 0.25) is 15.1 Å². The summed E-state index contributed by atoms with van der Waals surface area (Å²) in [4.78, 5) is 45.9. The number of rotatable bonds is 21. The molecule has 9 rings (SSSR count). The number of nitrogens with zero attached hydrogens (tertiary/aromatic N) is 3. The number of benzene rings is 6. The molecule has 0 spiro atoms. The third-order valence-electron chi connectivity index (χ3n) is 11.2. The Morgan fingerprint density at radius 2 is 0.849 bits per heavy atom. The van der Waals surface area contributed by atoms with Gasteiger partial charge in [0.15, 0.2) is 19.8 Å². The van der Waals surface area contributed by atoms with E-state index in [9.17, 15) is 22.8 Å². The van der Waals surface area contributed by atoms with Crippen LogP contribution < -0.4 is 23.7 Å². The van der Waals surface area contributed by atoms with Crippen LogP contribution >= 0.6 is 68.8 Å². The fourth-order valence-corrected chi connectivity index (χ4v) is 10.2. The lowest BCUT2D eigenvalue weighted by molar-refractivity contribution is -0.143. The zero-order valence-electron chi connectivity index (χ0n) is 46.8. The molecule has 0 saturated heterocycles. The van der Waals surface area contributed by atoms with E-state index in [1.165, 1.54) is 54.3 Å². The predicted molar refractivity (Wildman–Crippen MR) is 332 cm³/mol. The van der Waals surface area contributed by atoms with E-state index in [2.05, 4.69) is 28.6 Å². The van der Waals surface area contributed by atoms with E-state index < -0.39 is 28.0 Å². The lowest BCUT2D eigenvalue weighted by atomic mass is 10.2. The Hall–Kier alpha value is -7.87. The van der Waals surface area contributed by atoms with Gasteiger partial charge in [-0.1, -0.05) is 89.4 Å². The smallest absolute Gasteiger partial charge is 0.343 e. The number of hydrogen-bond acceptors (Lipinski definition) is 20. The summed E-state index contributed by atoms with van der Waals surface area (Å²) in [5.41, 5.74) is 7.45. The van der Waals surface area contributed by atoms with E-state index in [1.54, 1.807) is 55.5 Å². The SMILES string of the molecule is COC(=O)COc1ccc(O)cc1C.COC(=O)COc1ccc(OCc2nc(-c3ccccc3Cl)cs2)cc1C.CS(=O)(=O)OCc1nc(-c2ccccc2Cl)cs1.Cc1cc(OCc2nc(-c3ccccc3Cl)cs2)ccc1OCC(=O)O.F. The van der Waals surface area contributed by atoms with Crippen molar-refractivity contribution in [2.24, 2.45) is 0 Å². The van der Waals surface area contributed by atoms with Gasteiger partial charge >= 0.3 is 17.9 Å². The largest absolute Gasteiger partial charge is 0.508 e. The third-order valence-corrected chi connectivity index (χ3v) is 15.2. The molecule has 86 heavy (non-hydrogen) atoms. The number of aromatic hydroxyl groups is 1. The number of phenols is 1. The number of hydrogen-bond donors (Lipinski definition) is 2. The molecule has 0 aliphatic rings. The Morgan fingerprint density at radius 3 is 1.19 bits per heavy atom. The summed E-state index contributed by atoms with van der Waals surface area (Å²) in [7, 11) is -0.820. The van der Waals surface area contributed by atoms with Crippen LogP contribution in [0.5, 0.6) is 34.5 Å². The van der Waals surface area contributed by atoms with Crippen molar-refractivity contribution in [1.29, 1.82) is 0 Å². The number of carboxylic acid groups (broad SMARTS) is 1. The number of aromatic nitrogens is 3. The van der Waals surface area contributed by atoms with Crippen LogP contribution in [0.4, 0.5) is 4.70 Å². The molecular formula is C60H57Cl3FN3O15S4. The summed E-state index contributed by atoms with van der Waals surface area (Å²) in [6, 6.07) is 37.9. The van der Waals surface area contributed by atoms with Gasteiger partial charge in [0.05, 0.1) is 37.6 Å². The lowest BCUT2D eigenvalue weighted by Gasteiger charge is -2.10. The van der Waals surface area contributed by atoms with E-state index >= 15 is 0 Å². The maximum absolute atomic E-state index is 11.2. The van der Waals surface area contributed by atoms with Gasteiger partial charge in [0.25, 0.3) is 10.1 Å². The highest BCUT2D eigenvalue weighted by Crippen LogP contribution is 2.33. The van der Waals surface area contributed by atoms with Crippen molar-refractivity contribution in [1.82, 2.24) is 15.0 Å². The number of esters is 2. The average Bonchev–Trinajstić information content (AvgIpc) is 4.49. The summed E-state index contributed by atoms with van der Waals surface area (Å²) in [6.07, 6.45) is 1.01. The first-order chi connectivity index (χ1) is 40.7. The van der Waals surface area contributed by atoms with Crippen LogP contribution in [0.3, 0.4) is 0 Å². The number of thiazole rings is 3. The van der Waals surface area contributed by atoms with Crippen LogP contribution in [-0.4, -0.2) is 91.8 Å². The molecule has 0 unspecified atom stereocenters. The van der Waals surface area contributed by atoms with E-state index in [4.69, 9.17) is 68.7 Å². The predicted octanol–water partition coefficient (Wildman–Crippen LogP) is 14.1. The molecule has 9 aromatic rings. The lowest BCUT2D eigenvalue weighted by Crippen LogP contribution is -2.13. The first-order valence-corrected chi connectivity index (χ1v) is 30.7. The molecule has 0 atom stereocenters. The summed E-state index contributed by atoms with van der Waals surface area (Å²) < 4.78 is 62.8. The molecule has 3 aromatic heterocycles. The molecule has 26 heteroatoms. The number of halogens is 4. The number of ether oxygens (including phenoxy) is 7. The second-order valence-corrected chi connectivity index (χ2v) is 23.3. The molecule has 454 valence electrons. The number of phenolic OH excluding ortho intramolecular Hbond substituents is 1. The summed E-state index contributed by atoms with van der Waals surface area (Å²) in [5, 5.41) is 27.8. The van der Waals surface area contributed by atoms with Crippen LogP contribution in [0.1, 0.15) is 31.7 Å². The normalized spacial score (nSPS) is 10.5. The molecule has 2 N–H and O–H groups in total. The maximum Gasteiger partial charge on any atom is 0.343 e. The minimum Gasteiger partial charge on any atom is -0.508 e. The number of carbonyl (C=O) groups excluding carboxylic acids is 2. The van der Waals surface area contributed by atoms with Gasteiger partial charge in [-0.15, -0.1) is 34.0 Å². The topological polar surface area (TPSA) is 238 Å². The Kier molecular flexibility index (Phi) is 27.5. The van der Waals surface area contributed by atoms with Gasteiger partial charge in [-0.3, -0.25) is 8.89 Å². The molecule has 0 aliphatic heterocycles. The van der Waals surface area contributed by atoms with E-state index in [-0.39, 0.29) is 36.9 Å². The van der Waals surface area contributed by atoms with Crippen LogP contribution in [0.25, 0.3) is 33.8 Å². The van der Waals surface area contributed by atoms with Gasteiger partial charge in [-0.05, 0) is 110 Å². The molecule has 0 fully saturated rings. The molecule has 0 amide bonds. The van der Waals surface area contributed by atoms with Crippen LogP contribution in [-0.2, 0) is 58.0 Å². The Labute approximate surface area is 522 Å². The number of aliphatic carboxylic acids is 1. The average molecular weight is 1310 g/mol. The summed E-state index contributed by atoms with van der Waals surface area (Å²) in [5.74, 6) is 1.37. The van der Waals surface area contributed by atoms with E-state index in [1.807, 2.05) is 103 Å². The molecule has 0 saturated carbocycles. The monoisotopic (exact) mass is 1310 g/mol. The maximum atomic E-state index is 11.2. The first kappa shape index (κ1) is 68.9. The Balaban J connectivity index is 0.000000215. The quantitative estimate of drug-likeness (QED) is 0.0502. The molecule has 3 heterocycles. The Bertz CT molecular complexity index is 3810. The van der Waals surface area contributed by atoms with Crippen molar-refractivity contribution in [3.8, 4) is 68.3 Å². The van der Waals surface area contributed by atoms with Crippen LogP contribution in [0.15, 0.2) is 144 Å². The summed E-state index contributed by atoms with van der Waals surface area (Å²) in [6.45, 7) is 5.54. The standard InChI is InChI=1S/C20H18ClNO4S.C19H16ClNO4S.C11H10ClNO3S2.C10H12O4.FH/c1-13-9-14(7-8-18(13)26-11-20(23)24-2)25-10-19-22-17(12-27-19)15-5-3-4-6-16(15)21;1-12-8-13(6-7-17(12)25-10-19(22)23)24-9-18-21-16(11-26-18)14-4-2-3-5-15(14)20;1-18(14,15)16-6-11-13-10(7-17-11)8-4-2-3-5-9(8)12;1-7-5-8(11)3-4-9(7)14-6-10(12)13-2;/h3-9,12H,10-11H2,1-2H3;2-8,11H,9-10H2,1H3,(H,22,23);2-5,7H,6H2,1H3;3-5,11H,6H2,1-2H3;1H. The number of methoxy groups -OCH3 is 2. The van der Waals surface area contributed by atoms with Gasteiger partial charge < -0.3 is 43.4 Å². The fourth-order valence-electron chi connectivity index (χ4n) is 7.03. The first-order valence-electron chi connectivity index (χ1n) is 25.1. The number of carbonyl (C=O) groups is 3. The van der Waals surface area contributed by atoms with Gasteiger partial charge in [0.2, 0.25) is 0 Å². The highest BCUT2D eigenvalue weighted by atomic mass is 35.5. The molecule has 0 radical (unpaired) electrons. The molecular weight excluding hydrogens is 1260 g/mol. The molecule has 0 bridgehead atoms. The number of carboxylic acids is 1. The Morgan fingerprint density at radius 1 is 0.500 bits per heavy atom. The molecule has 0 aliphatic carbocycles. The zero-order valence-corrected chi connectivity index (χ0v) is 52.4. The van der Waals surface area contributed by atoms with E-state index in [0.29, 0.717) is 62.0 Å². The molecule has 18 nitrogen and oxygen atoms in total. The van der Waals surface area contributed by atoms with Crippen molar-refractivity contribution in [2.75, 3.05) is 40.3 Å². The second kappa shape index (κ2) is 34.3. The van der Waals surface area contributed by atoms with Crippen molar-refractivity contribution in [2.45, 2.75) is 40.6 Å². The highest BCUT2D eigenvalue weighted by Gasteiger charge is 2.14. The van der Waals surface area contributed by atoms with Crippen molar-refractivity contribution in [3.05, 3.63) is 190 Å². The van der Waals surface area contributed by atoms with E-state index in [0.717, 1.165) is 66.7 Å². The third kappa shape index (κ3) is 22.5. The van der Waals surface area contributed by atoms with Gasteiger partial charge in [0.1, 0.15) is 69.3 Å². The van der Waals surface area contributed by atoms with Crippen molar-refractivity contribution in [3.63, 3.8) is 0 Å². The second-order valence-electron chi connectivity index (χ2n) is 17.6. The zero-order chi connectivity index (χ0) is 61.5. The highest BCUT2D eigenvalue weighted by molar-refractivity contribution is 7.85. The van der Waals surface area contributed by atoms with Crippen molar-refractivity contribution < 1.29 is 75.1 Å². The fraction of sp³-hybridized carbons (Fsp3) is 0.200. The molecule has 6 aromatic carbocycles. The minimum atomic E-state index is -3.45. The summed E-state index contributed by atoms with van der Waals surface area (Å²) >= 11 is 22.8. The van der Waals surface area contributed by atoms with Gasteiger partial charge in [-0.25, -0.2) is 29.3 Å². The van der Waals surface area contributed by atoms with Crippen molar-refractivity contribution >= 4 is 96.8 Å². The minimum absolute atomic E-state index is 0. The van der Waals surface area contributed by atoms with Gasteiger partial charge in [0, 0.05) is 47.9 Å².